The normalized spacial score (nSPS) is 16.3. The van der Waals surface area contributed by atoms with Gasteiger partial charge in [-0.15, -0.1) is 0 Å². The largest absolute Gasteiger partial charge is 0.382 e. The summed E-state index contributed by atoms with van der Waals surface area (Å²) in [6, 6.07) is -0.509. The average Bonchev–Trinajstić information content (AvgIpc) is 2.10. The van der Waals surface area contributed by atoms with Crippen LogP contribution in [0.3, 0.4) is 0 Å². The van der Waals surface area contributed by atoms with E-state index in [9.17, 15) is 9.90 Å². The van der Waals surface area contributed by atoms with Crippen molar-refractivity contribution >= 4 is 5.91 Å². The first kappa shape index (κ1) is 14.4. The first-order valence-corrected chi connectivity index (χ1v) is 5.36. The molecule has 1 unspecified atom stereocenters. The Morgan fingerprint density at radius 1 is 1.40 bits per heavy atom. The van der Waals surface area contributed by atoms with Gasteiger partial charge in [-0.05, 0) is 11.3 Å². The molecule has 0 heterocycles. The molecule has 2 atom stereocenters. The van der Waals surface area contributed by atoms with Crippen LogP contribution in [0.5, 0.6) is 0 Å². The predicted octanol–water partition coefficient (Wildman–Crippen LogP) is 0.493. The number of hydrogen-bond acceptors (Lipinski definition) is 3. The lowest BCUT2D eigenvalue weighted by Gasteiger charge is -2.24. The zero-order valence-electron chi connectivity index (χ0n) is 10.4. The van der Waals surface area contributed by atoms with Crippen LogP contribution in [0.4, 0.5) is 0 Å². The molecule has 0 aliphatic carbocycles. The number of aliphatic hydroxyl groups is 1. The van der Waals surface area contributed by atoms with E-state index < -0.39 is 12.1 Å². The number of amides is 1. The third-order valence-corrected chi connectivity index (χ3v) is 2.20. The monoisotopic (exact) mass is 216 g/mol. The van der Waals surface area contributed by atoms with Gasteiger partial charge in [0.2, 0.25) is 5.91 Å². The van der Waals surface area contributed by atoms with E-state index in [1.54, 1.807) is 0 Å². The molecule has 0 aromatic heterocycles. The Bertz CT molecular complexity index is 209. The first-order chi connectivity index (χ1) is 6.65. The third-order valence-electron chi connectivity index (χ3n) is 2.20. The van der Waals surface area contributed by atoms with Crippen molar-refractivity contribution < 1.29 is 9.90 Å². The second-order valence-corrected chi connectivity index (χ2v) is 5.54. The lowest BCUT2D eigenvalue weighted by atomic mass is 9.95. The van der Waals surface area contributed by atoms with Crippen LogP contribution in [0, 0.1) is 11.3 Å². The van der Waals surface area contributed by atoms with Crippen molar-refractivity contribution in [3.63, 3.8) is 0 Å². The molecule has 0 aromatic carbocycles. The minimum atomic E-state index is -1.12. The van der Waals surface area contributed by atoms with Crippen LogP contribution in [0.1, 0.15) is 34.6 Å². The van der Waals surface area contributed by atoms with Gasteiger partial charge in [0.15, 0.2) is 0 Å². The fourth-order valence-corrected chi connectivity index (χ4v) is 0.996. The summed E-state index contributed by atoms with van der Waals surface area (Å²) in [6.07, 6.45) is -1.12. The maximum atomic E-state index is 11.5. The van der Waals surface area contributed by atoms with Crippen molar-refractivity contribution in [3.05, 3.63) is 0 Å². The Labute approximate surface area is 92.2 Å². The Morgan fingerprint density at radius 3 is 2.20 bits per heavy atom. The average molecular weight is 216 g/mol. The van der Waals surface area contributed by atoms with Gasteiger partial charge >= 0.3 is 0 Å². The molecule has 4 nitrogen and oxygen atoms in total. The molecular formula is C11H24N2O2. The number of rotatable bonds is 4. The smallest absolute Gasteiger partial charge is 0.250 e. The van der Waals surface area contributed by atoms with Crippen molar-refractivity contribution in [2.45, 2.75) is 46.8 Å². The highest BCUT2D eigenvalue weighted by molar-refractivity contribution is 5.81. The maximum absolute atomic E-state index is 11.5. The Morgan fingerprint density at radius 2 is 1.87 bits per heavy atom. The van der Waals surface area contributed by atoms with E-state index in [1.165, 1.54) is 0 Å². The van der Waals surface area contributed by atoms with Gasteiger partial charge in [0.25, 0.3) is 0 Å². The van der Waals surface area contributed by atoms with E-state index in [0.717, 1.165) is 0 Å². The molecule has 90 valence electrons. The van der Waals surface area contributed by atoms with Crippen molar-refractivity contribution in [2.75, 3.05) is 6.54 Å². The summed E-state index contributed by atoms with van der Waals surface area (Å²) >= 11 is 0. The van der Waals surface area contributed by atoms with Crippen molar-refractivity contribution in [1.82, 2.24) is 5.32 Å². The van der Waals surface area contributed by atoms with Crippen molar-refractivity contribution in [3.8, 4) is 0 Å². The lowest BCUT2D eigenvalue weighted by Crippen LogP contribution is -2.50. The number of nitrogens with two attached hydrogens (primary N) is 1. The SMILES string of the molecule is CC(C)[C@H](N)C(O)C(=O)NCC(C)(C)C. The summed E-state index contributed by atoms with van der Waals surface area (Å²) in [5.74, 6) is -0.300. The van der Waals surface area contributed by atoms with Gasteiger partial charge in [-0.2, -0.15) is 0 Å². The van der Waals surface area contributed by atoms with Crippen LogP contribution in [-0.4, -0.2) is 29.7 Å². The summed E-state index contributed by atoms with van der Waals surface area (Å²) in [4.78, 5) is 11.5. The molecule has 0 rings (SSSR count). The topological polar surface area (TPSA) is 75.3 Å². The van der Waals surface area contributed by atoms with Crippen LogP contribution < -0.4 is 11.1 Å². The van der Waals surface area contributed by atoms with E-state index >= 15 is 0 Å². The van der Waals surface area contributed by atoms with Crippen LogP contribution in [0.15, 0.2) is 0 Å². The molecule has 0 saturated carbocycles. The molecule has 0 aromatic rings. The first-order valence-electron chi connectivity index (χ1n) is 5.36. The molecule has 4 heteroatoms. The second kappa shape index (κ2) is 5.47. The Kier molecular flexibility index (Phi) is 5.24. The van der Waals surface area contributed by atoms with E-state index in [0.29, 0.717) is 6.54 Å². The summed E-state index contributed by atoms with van der Waals surface area (Å²) < 4.78 is 0. The van der Waals surface area contributed by atoms with E-state index in [2.05, 4.69) is 5.32 Å². The fraction of sp³-hybridized carbons (Fsp3) is 0.909. The van der Waals surface area contributed by atoms with Crippen molar-refractivity contribution in [1.29, 1.82) is 0 Å². The Balaban J connectivity index is 4.11. The van der Waals surface area contributed by atoms with Gasteiger partial charge in [0, 0.05) is 12.6 Å². The fourth-order valence-electron chi connectivity index (χ4n) is 0.996. The molecule has 0 radical (unpaired) electrons. The number of carbonyl (C=O) groups excluding carboxylic acids is 1. The standard InChI is InChI=1S/C11H24N2O2/c1-7(2)8(12)9(14)10(15)13-6-11(3,4)5/h7-9,14H,6,12H2,1-5H3,(H,13,15)/t8-,9?/m0/s1. The second-order valence-electron chi connectivity index (χ2n) is 5.54. The highest BCUT2D eigenvalue weighted by Crippen LogP contribution is 2.11. The van der Waals surface area contributed by atoms with Crippen LogP contribution in [0.2, 0.25) is 0 Å². The zero-order valence-corrected chi connectivity index (χ0v) is 10.4. The molecule has 15 heavy (non-hydrogen) atoms. The minimum Gasteiger partial charge on any atom is -0.382 e. The van der Waals surface area contributed by atoms with Crippen molar-refractivity contribution in [2.24, 2.45) is 17.1 Å². The molecular weight excluding hydrogens is 192 g/mol. The van der Waals surface area contributed by atoms with Gasteiger partial charge in [0.1, 0.15) is 6.10 Å². The molecule has 0 aliphatic heterocycles. The van der Waals surface area contributed by atoms with Gasteiger partial charge in [-0.1, -0.05) is 34.6 Å². The molecule has 0 fully saturated rings. The Hall–Kier alpha value is -0.610. The number of aliphatic hydroxyl groups excluding tert-OH is 1. The van der Waals surface area contributed by atoms with Crippen LogP contribution in [0.25, 0.3) is 0 Å². The quantitative estimate of drug-likeness (QED) is 0.640. The number of hydrogen-bond donors (Lipinski definition) is 3. The van der Waals surface area contributed by atoms with Gasteiger partial charge in [0.05, 0.1) is 0 Å². The van der Waals surface area contributed by atoms with Gasteiger partial charge in [-0.25, -0.2) is 0 Å². The van der Waals surface area contributed by atoms with Gasteiger partial charge in [-0.3, -0.25) is 4.79 Å². The lowest BCUT2D eigenvalue weighted by molar-refractivity contribution is -0.131. The highest BCUT2D eigenvalue weighted by atomic mass is 16.3. The van der Waals surface area contributed by atoms with E-state index in [1.807, 2.05) is 34.6 Å². The third kappa shape index (κ3) is 5.74. The molecule has 0 bridgehead atoms. The molecule has 4 N–H and O–H groups in total. The van der Waals surface area contributed by atoms with E-state index in [-0.39, 0.29) is 17.2 Å². The zero-order chi connectivity index (χ0) is 12.2. The minimum absolute atomic E-state index is 0.0112. The molecule has 0 aliphatic rings. The number of carbonyl (C=O) groups is 1. The summed E-state index contributed by atoms with van der Waals surface area (Å²) in [5, 5.41) is 12.3. The van der Waals surface area contributed by atoms with Gasteiger partial charge < -0.3 is 16.2 Å². The molecule has 0 saturated heterocycles. The predicted molar refractivity (Wildman–Crippen MR) is 61.3 cm³/mol. The summed E-state index contributed by atoms with van der Waals surface area (Å²) in [5.41, 5.74) is 5.70. The van der Waals surface area contributed by atoms with Crippen LogP contribution >= 0.6 is 0 Å². The van der Waals surface area contributed by atoms with Crippen LogP contribution in [-0.2, 0) is 4.79 Å². The van der Waals surface area contributed by atoms with E-state index in [4.69, 9.17) is 5.73 Å². The highest BCUT2D eigenvalue weighted by Gasteiger charge is 2.25. The summed E-state index contributed by atoms with van der Waals surface area (Å²) in [6.45, 7) is 10.3. The maximum Gasteiger partial charge on any atom is 0.250 e. The summed E-state index contributed by atoms with van der Waals surface area (Å²) in [7, 11) is 0. The molecule has 1 amide bonds. The molecule has 0 spiro atoms. The number of nitrogens with one attached hydrogen (secondary N) is 1.